The van der Waals surface area contributed by atoms with Crippen molar-refractivity contribution in [1.29, 1.82) is 0 Å². The summed E-state index contributed by atoms with van der Waals surface area (Å²) < 4.78 is 7.56. The molecule has 1 saturated heterocycles. The fourth-order valence-electron chi connectivity index (χ4n) is 2.97. The molecule has 1 fully saturated rings. The highest BCUT2D eigenvalue weighted by Crippen LogP contribution is 2.26. The minimum Gasteiger partial charge on any atom is -0.375 e. The summed E-state index contributed by atoms with van der Waals surface area (Å²) in [6.07, 6.45) is 5.70. The Kier molecular flexibility index (Phi) is 3.87. The molecule has 3 rings (SSSR count). The monoisotopic (exact) mass is 301 g/mol. The number of rotatable bonds is 3. The van der Waals surface area contributed by atoms with Crippen molar-refractivity contribution in [2.75, 3.05) is 11.9 Å². The molecule has 0 saturated carbocycles. The van der Waals surface area contributed by atoms with Crippen LogP contribution in [0.1, 0.15) is 32.4 Å². The van der Waals surface area contributed by atoms with Gasteiger partial charge in [-0.2, -0.15) is 5.10 Å². The van der Waals surface area contributed by atoms with E-state index in [4.69, 9.17) is 4.74 Å². The second kappa shape index (κ2) is 5.68. The molecule has 3 heterocycles. The van der Waals surface area contributed by atoms with E-state index < -0.39 is 0 Å². The first-order valence-electron chi connectivity index (χ1n) is 7.67. The lowest BCUT2D eigenvalue weighted by molar-refractivity contribution is -0.0553. The molecule has 0 amide bonds. The Morgan fingerprint density at radius 1 is 1.41 bits per heavy atom. The molecule has 6 heteroatoms. The van der Waals surface area contributed by atoms with Gasteiger partial charge >= 0.3 is 0 Å². The van der Waals surface area contributed by atoms with Gasteiger partial charge in [-0.15, -0.1) is 0 Å². The standard InChI is InChI=1S/C16H23N5O/c1-11-13(10-21(4)20-11)14-5-7-17-15(19-14)18-12-6-8-22-16(2,3)9-12/h5,7,10,12H,6,8-9H2,1-4H3,(H,17,18,19)/t12-/m0/s1. The van der Waals surface area contributed by atoms with E-state index in [1.807, 2.05) is 26.2 Å². The first kappa shape index (κ1) is 15.0. The Labute approximate surface area is 130 Å². The number of hydrogen-bond acceptors (Lipinski definition) is 5. The highest BCUT2D eigenvalue weighted by atomic mass is 16.5. The van der Waals surface area contributed by atoms with Crippen LogP contribution in [0.4, 0.5) is 5.95 Å². The van der Waals surface area contributed by atoms with Crippen molar-refractivity contribution >= 4 is 5.95 Å². The highest BCUT2D eigenvalue weighted by Gasteiger charge is 2.29. The molecule has 1 N–H and O–H groups in total. The second-order valence-electron chi connectivity index (χ2n) is 6.51. The van der Waals surface area contributed by atoms with Crippen LogP contribution in [-0.4, -0.2) is 38.0 Å². The molecule has 6 nitrogen and oxygen atoms in total. The van der Waals surface area contributed by atoms with E-state index in [1.54, 1.807) is 10.9 Å². The molecule has 0 aromatic carbocycles. The Hall–Kier alpha value is -1.95. The number of aryl methyl sites for hydroxylation is 2. The Morgan fingerprint density at radius 2 is 2.23 bits per heavy atom. The number of aromatic nitrogens is 4. The summed E-state index contributed by atoms with van der Waals surface area (Å²) in [4.78, 5) is 9.00. The van der Waals surface area contributed by atoms with E-state index in [-0.39, 0.29) is 5.60 Å². The van der Waals surface area contributed by atoms with Gasteiger partial charge in [-0.1, -0.05) is 0 Å². The molecule has 0 unspecified atom stereocenters. The summed E-state index contributed by atoms with van der Waals surface area (Å²) in [5, 5.41) is 7.81. The topological polar surface area (TPSA) is 64.9 Å². The summed E-state index contributed by atoms with van der Waals surface area (Å²) >= 11 is 0. The van der Waals surface area contributed by atoms with E-state index in [0.717, 1.165) is 36.4 Å². The van der Waals surface area contributed by atoms with Crippen LogP contribution in [0.15, 0.2) is 18.5 Å². The lowest BCUT2D eigenvalue weighted by Crippen LogP contribution is -2.40. The quantitative estimate of drug-likeness (QED) is 0.944. The van der Waals surface area contributed by atoms with Gasteiger partial charge in [0.2, 0.25) is 5.95 Å². The van der Waals surface area contributed by atoms with Crippen molar-refractivity contribution in [3.8, 4) is 11.3 Å². The number of hydrogen-bond donors (Lipinski definition) is 1. The van der Waals surface area contributed by atoms with Crippen LogP contribution in [0.5, 0.6) is 0 Å². The van der Waals surface area contributed by atoms with Crippen LogP contribution in [-0.2, 0) is 11.8 Å². The zero-order valence-corrected chi connectivity index (χ0v) is 13.6. The number of ether oxygens (including phenoxy) is 1. The number of anilines is 1. The van der Waals surface area contributed by atoms with E-state index >= 15 is 0 Å². The van der Waals surface area contributed by atoms with Crippen LogP contribution in [0, 0.1) is 6.92 Å². The van der Waals surface area contributed by atoms with E-state index in [1.165, 1.54) is 0 Å². The summed E-state index contributed by atoms with van der Waals surface area (Å²) in [5.41, 5.74) is 2.82. The molecule has 1 aliphatic heterocycles. The third-order valence-electron chi connectivity index (χ3n) is 3.98. The highest BCUT2D eigenvalue weighted by molar-refractivity contribution is 5.61. The zero-order valence-electron chi connectivity index (χ0n) is 13.6. The first-order valence-corrected chi connectivity index (χ1v) is 7.67. The van der Waals surface area contributed by atoms with Crippen molar-refractivity contribution in [3.63, 3.8) is 0 Å². The van der Waals surface area contributed by atoms with Gasteiger partial charge in [0, 0.05) is 37.7 Å². The molecular weight excluding hydrogens is 278 g/mol. The van der Waals surface area contributed by atoms with Gasteiger partial charge in [-0.05, 0) is 39.7 Å². The van der Waals surface area contributed by atoms with Crippen LogP contribution in [0.2, 0.25) is 0 Å². The maximum absolute atomic E-state index is 5.75. The second-order valence-corrected chi connectivity index (χ2v) is 6.51. The summed E-state index contributed by atoms with van der Waals surface area (Å²) in [6, 6.07) is 2.26. The van der Waals surface area contributed by atoms with Gasteiger partial charge in [0.15, 0.2) is 0 Å². The smallest absolute Gasteiger partial charge is 0.223 e. The summed E-state index contributed by atoms with van der Waals surface area (Å²) in [6.45, 7) is 7.01. The van der Waals surface area contributed by atoms with Crippen molar-refractivity contribution in [1.82, 2.24) is 19.7 Å². The van der Waals surface area contributed by atoms with Gasteiger partial charge < -0.3 is 10.1 Å². The van der Waals surface area contributed by atoms with Crippen molar-refractivity contribution in [3.05, 3.63) is 24.2 Å². The fraction of sp³-hybridized carbons (Fsp3) is 0.562. The zero-order chi connectivity index (χ0) is 15.7. The minimum absolute atomic E-state index is 0.0898. The van der Waals surface area contributed by atoms with E-state index in [9.17, 15) is 0 Å². The largest absolute Gasteiger partial charge is 0.375 e. The van der Waals surface area contributed by atoms with Crippen LogP contribution < -0.4 is 5.32 Å². The number of nitrogens with one attached hydrogen (secondary N) is 1. The minimum atomic E-state index is -0.0898. The van der Waals surface area contributed by atoms with E-state index in [0.29, 0.717) is 12.0 Å². The van der Waals surface area contributed by atoms with Crippen LogP contribution >= 0.6 is 0 Å². The van der Waals surface area contributed by atoms with Crippen molar-refractivity contribution < 1.29 is 4.74 Å². The SMILES string of the molecule is Cc1nn(C)cc1-c1ccnc(N[C@H]2CCOC(C)(C)C2)n1. The first-order chi connectivity index (χ1) is 10.4. The van der Waals surface area contributed by atoms with Crippen molar-refractivity contribution in [2.24, 2.45) is 7.05 Å². The average molecular weight is 301 g/mol. The number of nitrogens with zero attached hydrogens (tertiary/aromatic N) is 4. The predicted molar refractivity (Wildman–Crippen MR) is 85.6 cm³/mol. The maximum Gasteiger partial charge on any atom is 0.223 e. The third kappa shape index (κ3) is 3.27. The molecule has 0 bridgehead atoms. The Balaban J connectivity index is 1.78. The average Bonchev–Trinajstić information content (AvgIpc) is 2.77. The maximum atomic E-state index is 5.75. The van der Waals surface area contributed by atoms with Gasteiger partial charge in [0.05, 0.1) is 17.0 Å². The lowest BCUT2D eigenvalue weighted by Gasteiger charge is -2.35. The van der Waals surface area contributed by atoms with Crippen molar-refractivity contribution in [2.45, 2.75) is 45.3 Å². The van der Waals surface area contributed by atoms with Gasteiger partial charge in [-0.25, -0.2) is 9.97 Å². The Bertz CT molecular complexity index is 664. The molecule has 0 aliphatic carbocycles. The third-order valence-corrected chi connectivity index (χ3v) is 3.98. The Morgan fingerprint density at radius 3 is 2.91 bits per heavy atom. The van der Waals surface area contributed by atoms with Gasteiger partial charge in [0.25, 0.3) is 0 Å². The summed E-state index contributed by atoms with van der Waals surface area (Å²) in [7, 11) is 1.92. The van der Waals surface area contributed by atoms with Crippen LogP contribution in [0.25, 0.3) is 11.3 Å². The van der Waals surface area contributed by atoms with E-state index in [2.05, 4.69) is 34.2 Å². The molecular formula is C16H23N5O. The molecule has 2 aromatic heterocycles. The van der Waals surface area contributed by atoms with Gasteiger partial charge in [0.1, 0.15) is 0 Å². The molecule has 22 heavy (non-hydrogen) atoms. The molecule has 118 valence electrons. The molecule has 1 aliphatic rings. The molecule has 0 radical (unpaired) electrons. The lowest BCUT2D eigenvalue weighted by atomic mass is 9.94. The normalized spacial score (nSPS) is 20.8. The van der Waals surface area contributed by atoms with Crippen LogP contribution in [0.3, 0.4) is 0 Å². The fourth-order valence-corrected chi connectivity index (χ4v) is 2.97. The molecule has 2 aromatic rings. The molecule has 0 spiro atoms. The van der Waals surface area contributed by atoms with Gasteiger partial charge in [-0.3, -0.25) is 4.68 Å². The predicted octanol–water partition coefficient (Wildman–Crippen LogP) is 2.56. The molecule has 1 atom stereocenters. The summed E-state index contributed by atoms with van der Waals surface area (Å²) in [5.74, 6) is 0.670.